The summed E-state index contributed by atoms with van der Waals surface area (Å²) < 4.78 is 41.0. The van der Waals surface area contributed by atoms with Crippen LogP contribution >= 0.6 is 0 Å². The molecule has 3 rings (SSSR count). The number of benzene rings is 1. The fraction of sp³-hybridized carbons (Fsp3) is 0.286. The number of nitrogens with one attached hydrogen (secondary N) is 1. The molecule has 1 N–H and O–H groups in total. The highest BCUT2D eigenvalue weighted by Gasteiger charge is 2.69. The number of fused-ring (bicyclic) bond motifs is 1. The number of carbonyl (C=O) groups is 4. The van der Waals surface area contributed by atoms with Crippen molar-refractivity contribution in [2.45, 2.75) is 24.6 Å². The number of hydrogen-bond acceptors (Lipinski definition) is 4. The molecule has 1 atom stereocenters. The fourth-order valence-electron chi connectivity index (χ4n) is 2.85. The number of nitrogens with zero attached hydrogens (tertiary/aromatic N) is 1. The molecule has 1 aromatic rings. The molecule has 4 amide bonds. The summed E-state index contributed by atoms with van der Waals surface area (Å²) >= 11 is 0. The Labute approximate surface area is 127 Å². The average Bonchev–Trinajstić information content (AvgIpc) is 2.72. The third-order valence-corrected chi connectivity index (χ3v) is 3.99. The number of hydrogen-bond donors (Lipinski definition) is 1. The molecule has 2 aliphatic heterocycles. The van der Waals surface area contributed by atoms with Gasteiger partial charge in [-0.15, -0.1) is 0 Å². The molecule has 1 fully saturated rings. The smallest absolute Gasteiger partial charge is 0.294 e. The summed E-state index contributed by atoms with van der Waals surface area (Å²) in [5.41, 5.74) is -3.79. The van der Waals surface area contributed by atoms with E-state index in [9.17, 15) is 32.3 Å². The molecule has 120 valence electrons. The van der Waals surface area contributed by atoms with Crippen LogP contribution in [0.1, 0.15) is 33.6 Å². The molecule has 1 aromatic carbocycles. The first-order chi connectivity index (χ1) is 10.7. The second-order valence-corrected chi connectivity index (χ2v) is 5.23. The van der Waals surface area contributed by atoms with E-state index in [-0.39, 0.29) is 16.0 Å². The van der Waals surface area contributed by atoms with E-state index in [2.05, 4.69) is 0 Å². The Balaban J connectivity index is 2.17. The largest absolute Gasteiger partial charge is 0.421 e. The van der Waals surface area contributed by atoms with Gasteiger partial charge >= 0.3 is 6.18 Å². The lowest BCUT2D eigenvalue weighted by Crippen LogP contribution is -2.71. The zero-order chi connectivity index (χ0) is 17.0. The van der Waals surface area contributed by atoms with Gasteiger partial charge in [-0.05, 0) is 18.6 Å². The molecule has 0 aliphatic carbocycles. The van der Waals surface area contributed by atoms with E-state index in [0.717, 1.165) is 0 Å². The van der Waals surface area contributed by atoms with Gasteiger partial charge in [-0.3, -0.25) is 24.5 Å². The van der Waals surface area contributed by atoms with E-state index < -0.39 is 48.2 Å². The molecule has 0 saturated carbocycles. The molecular weight excluding hydrogens is 317 g/mol. The van der Waals surface area contributed by atoms with Crippen LogP contribution < -0.4 is 5.32 Å². The predicted octanol–water partition coefficient (Wildman–Crippen LogP) is 1.02. The zero-order valence-corrected chi connectivity index (χ0v) is 11.4. The molecule has 0 unspecified atom stereocenters. The standard InChI is InChI=1S/C14H9F3N2O4/c15-14(16,17)13(6-5-9(20)18-12(13)23)19-10(21)7-3-1-2-4-8(7)11(19)22/h1-4H,5-6H2,(H,18,20,23)/t13-/m0/s1. The van der Waals surface area contributed by atoms with Gasteiger partial charge in [-0.2, -0.15) is 13.2 Å². The zero-order valence-electron chi connectivity index (χ0n) is 11.4. The van der Waals surface area contributed by atoms with Gasteiger partial charge in [0.1, 0.15) is 0 Å². The van der Waals surface area contributed by atoms with Crippen LogP contribution in [0.5, 0.6) is 0 Å². The Morgan fingerprint density at radius 2 is 1.52 bits per heavy atom. The molecule has 1 saturated heterocycles. The normalized spacial score (nSPS) is 24.7. The third-order valence-electron chi connectivity index (χ3n) is 3.99. The first-order valence-corrected chi connectivity index (χ1v) is 6.59. The van der Waals surface area contributed by atoms with Crippen LogP contribution in [0.25, 0.3) is 0 Å². The van der Waals surface area contributed by atoms with Crippen molar-refractivity contribution in [1.82, 2.24) is 10.2 Å². The van der Waals surface area contributed by atoms with E-state index in [1.165, 1.54) is 24.3 Å². The van der Waals surface area contributed by atoms with Crippen molar-refractivity contribution in [2.75, 3.05) is 0 Å². The first kappa shape index (κ1) is 15.2. The van der Waals surface area contributed by atoms with Crippen molar-refractivity contribution in [2.24, 2.45) is 0 Å². The first-order valence-electron chi connectivity index (χ1n) is 6.59. The highest BCUT2D eigenvalue weighted by molar-refractivity contribution is 6.24. The van der Waals surface area contributed by atoms with E-state index in [4.69, 9.17) is 0 Å². The van der Waals surface area contributed by atoms with Crippen LogP contribution in [-0.4, -0.2) is 40.2 Å². The van der Waals surface area contributed by atoms with Crippen molar-refractivity contribution in [3.8, 4) is 0 Å². The lowest BCUT2D eigenvalue weighted by Gasteiger charge is -2.41. The number of imide groups is 2. The second-order valence-electron chi connectivity index (χ2n) is 5.23. The summed E-state index contributed by atoms with van der Waals surface area (Å²) in [6, 6.07) is 5.23. The van der Waals surface area contributed by atoms with Gasteiger partial charge in [0.2, 0.25) is 11.4 Å². The van der Waals surface area contributed by atoms with Crippen LogP contribution in [0.4, 0.5) is 13.2 Å². The Morgan fingerprint density at radius 3 is 1.96 bits per heavy atom. The van der Waals surface area contributed by atoms with Crippen LogP contribution in [0.15, 0.2) is 24.3 Å². The number of amides is 4. The molecule has 0 spiro atoms. The maximum absolute atomic E-state index is 13.7. The topological polar surface area (TPSA) is 83.6 Å². The van der Waals surface area contributed by atoms with E-state index in [1.54, 1.807) is 5.32 Å². The molecule has 2 aliphatic rings. The highest BCUT2D eigenvalue weighted by atomic mass is 19.4. The second kappa shape index (κ2) is 4.64. The molecular formula is C14H9F3N2O4. The number of carbonyl (C=O) groups excluding carboxylic acids is 4. The maximum atomic E-state index is 13.7. The summed E-state index contributed by atoms with van der Waals surface area (Å²) in [5, 5.41) is 1.58. The fourth-order valence-corrected chi connectivity index (χ4v) is 2.85. The predicted molar refractivity (Wildman–Crippen MR) is 68.1 cm³/mol. The SMILES string of the molecule is O=C1CC[C@@](N2C(=O)c3ccccc3C2=O)(C(F)(F)F)C(=O)N1. The molecule has 2 heterocycles. The Kier molecular flexibility index (Phi) is 3.07. The summed E-state index contributed by atoms with van der Waals surface area (Å²) in [6.07, 6.45) is -6.84. The van der Waals surface area contributed by atoms with Gasteiger partial charge in [0.25, 0.3) is 17.7 Å². The van der Waals surface area contributed by atoms with Gasteiger partial charge in [0, 0.05) is 6.42 Å². The van der Waals surface area contributed by atoms with E-state index in [1.807, 2.05) is 0 Å². The number of rotatable bonds is 1. The summed E-state index contributed by atoms with van der Waals surface area (Å²) in [4.78, 5) is 47.8. The van der Waals surface area contributed by atoms with Gasteiger partial charge in [0.05, 0.1) is 11.1 Å². The lowest BCUT2D eigenvalue weighted by atomic mass is 9.86. The molecule has 9 heteroatoms. The van der Waals surface area contributed by atoms with Crippen molar-refractivity contribution in [3.63, 3.8) is 0 Å². The lowest BCUT2D eigenvalue weighted by molar-refractivity contribution is -0.219. The van der Waals surface area contributed by atoms with Crippen LogP contribution in [0.3, 0.4) is 0 Å². The van der Waals surface area contributed by atoms with Crippen molar-refractivity contribution in [3.05, 3.63) is 35.4 Å². The minimum Gasteiger partial charge on any atom is -0.294 e. The minimum atomic E-state index is -5.22. The van der Waals surface area contributed by atoms with Gasteiger partial charge < -0.3 is 0 Å². The molecule has 0 bridgehead atoms. The average molecular weight is 326 g/mol. The van der Waals surface area contributed by atoms with Crippen molar-refractivity contribution < 1.29 is 32.3 Å². The molecule has 0 radical (unpaired) electrons. The number of alkyl halides is 3. The third kappa shape index (κ3) is 1.89. The van der Waals surface area contributed by atoms with E-state index >= 15 is 0 Å². The van der Waals surface area contributed by atoms with Crippen LogP contribution in [0.2, 0.25) is 0 Å². The Morgan fingerprint density at radius 1 is 1.00 bits per heavy atom. The monoisotopic (exact) mass is 326 g/mol. The number of halogens is 3. The van der Waals surface area contributed by atoms with E-state index in [0.29, 0.717) is 0 Å². The Bertz CT molecular complexity index is 724. The quantitative estimate of drug-likeness (QED) is 0.781. The summed E-state index contributed by atoms with van der Waals surface area (Å²) in [5.74, 6) is -5.00. The van der Waals surface area contributed by atoms with Crippen LogP contribution in [-0.2, 0) is 9.59 Å². The number of piperidine rings is 1. The van der Waals surface area contributed by atoms with Crippen molar-refractivity contribution in [1.29, 1.82) is 0 Å². The minimum absolute atomic E-state index is 0.0700. The van der Waals surface area contributed by atoms with Gasteiger partial charge in [0.15, 0.2) is 0 Å². The Hall–Kier alpha value is -2.71. The molecule has 6 nitrogen and oxygen atoms in total. The highest BCUT2D eigenvalue weighted by Crippen LogP contribution is 2.44. The summed E-state index contributed by atoms with van der Waals surface area (Å²) in [6.45, 7) is 0. The van der Waals surface area contributed by atoms with Crippen molar-refractivity contribution >= 4 is 23.6 Å². The summed E-state index contributed by atoms with van der Waals surface area (Å²) in [7, 11) is 0. The molecule has 23 heavy (non-hydrogen) atoms. The maximum Gasteiger partial charge on any atom is 0.421 e. The molecule has 0 aromatic heterocycles. The van der Waals surface area contributed by atoms with Gasteiger partial charge in [-0.25, -0.2) is 4.90 Å². The van der Waals surface area contributed by atoms with Gasteiger partial charge in [-0.1, -0.05) is 12.1 Å². The van der Waals surface area contributed by atoms with Crippen LogP contribution in [0, 0.1) is 0 Å².